The summed E-state index contributed by atoms with van der Waals surface area (Å²) in [5.41, 5.74) is 1.06. The van der Waals surface area contributed by atoms with Crippen LogP contribution in [0.4, 0.5) is 0 Å². The lowest BCUT2D eigenvalue weighted by Crippen LogP contribution is -2.32. The van der Waals surface area contributed by atoms with Gasteiger partial charge in [0.1, 0.15) is 12.3 Å². The summed E-state index contributed by atoms with van der Waals surface area (Å²) >= 11 is 0. The van der Waals surface area contributed by atoms with Gasteiger partial charge in [-0.3, -0.25) is 9.59 Å². The Hall–Kier alpha value is -2.04. The van der Waals surface area contributed by atoms with Crippen molar-refractivity contribution < 1.29 is 19.1 Å². The molecule has 0 saturated heterocycles. The number of likely N-dealkylation sites (N-methyl/N-ethyl adjacent to an activating group) is 1. The van der Waals surface area contributed by atoms with Gasteiger partial charge in [0.2, 0.25) is 5.91 Å². The maximum Gasteiger partial charge on any atom is 0.325 e. The first kappa shape index (κ1) is 15.0. The molecule has 0 bridgehead atoms. The zero-order chi connectivity index (χ0) is 14.3. The summed E-state index contributed by atoms with van der Waals surface area (Å²) in [6.07, 6.45) is 0.994. The lowest BCUT2D eigenvalue weighted by atomic mass is 10.1. The van der Waals surface area contributed by atoms with Gasteiger partial charge in [-0.05, 0) is 24.1 Å². The van der Waals surface area contributed by atoms with Crippen LogP contribution >= 0.6 is 0 Å². The molecule has 5 heteroatoms. The monoisotopic (exact) mass is 265 g/mol. The first-order valence-electron chi connectivity index (χ1n) is 6.00. The molecule has 1 aromatic rings. The SMILES string of the molecule is COC(=O)CN(C)C(=O)CCc1ccc(OC)cc1. The lowest BCUT2D eigenvalue weighted by molar-refractivity contribution is -0.146. The van der Waals surface area contributed by atoms with Crippen molar-refractivity contribution in [3.8, 4) is 5.75 Å². The number of carbonyl (C=O) groups is 2. The molecule has 0 aliphatic heterocycles. The molecule has 104 valence electrons. The number of carbonyl (C=O) groups excluding carboxylic acids is 2. The van der Waals surface area contributed by atoms with Crippen molar-refractivity contribution in [2.24, 2.45) is 0 Å². The number of hydrogen-bond donors (Lipinski definition) is 0. The summed E-state index contributed by atoms with van der Waals surface area (Å²) in [6.45, 7) is -0.0159. The first-order valence-corrected chi connectivity index (χ1v) is 6.00. The fourth-order valence-corrected chi connectivity index (χ4v) is 1.58. The second-order valence-electron chi connectivity index (χ2n) is 4.17. The van der Waals surface area contributed by atoms with Crippen LogP contribution in [0.1, 0.15) is 12.0 Å². The molecule has 0 unspecified atom stereocenters. The minimum absolute atomic E-state index is 0.0159. The van der Waals surface area contributed by atoms with Crippen molar-refractivity contribution in [1.29, 1.82) is 0 Å². The van der Waals surface area contributed by atoms with Crippen LogP contribution in [-0.4, -0.2) is 44.6 Å². The van der Waals surface area contributed by atoms with Crippen molar-refractivity contribution in [2.45, 2.75) is 12.8 Å². The average molecular weight is 265 g/mol. The van der Waals surface area contributed by atoms with Gasteiger partial charge in [-0.2, -0.15) is 0 Å². The van der Waals surface area contributed by atoms with Crippen LogP contribution in [0, 0.1) is 0 Å². The van der Waals surface area contributed by atoms with Crippen LogP contribution in [0.5, 0.6) is 5.75 Å². The Morgan fingerprint density at radius 2 is 1.79 bits per heavy atom. The summed E-state index contributed by atoms with van der Waals surface area (Å²) < 4.78 is 9.58. The highest BCUT2D eigenvalue weighted by atomic mass is 16.5. The van der Waals surface area contributed by atoms with E-state index in [2.05, 4.69) is 4.74 Å². The molecular weight excluding hydrogens is 246 g/mol. The van der Waals surface area contributed by atoms with Gasteiger partial charge in [0, 0.05) is 13.5 Å². The molecule has 0 saturated carbocycles. The third-order valence-corrected chi connectivity index (χ3v) is 2.81. The van der Waals surface area contributed by atoms with Crippen molar-refractivity contribution in [2.75, 3.05) is 27.8 Å². The highest BCUT2D eigenvalue weighted by molar-refractivity contribution is 5.81. The van der Waals surface area contributed by atoms with E-state index >= 15 is 0 Å². The van der Waals surface area contributed by atoms with Gasteiger partial charge in [0.25, 0.3) is 0 Å². The second kappa shape index (κ2) is 7.41. The number of hydrogen-bond acceptors (Lipinski definition) is 4. The molecule has 19 heavy (non-hydrogen) atoms. The number of benzene rings is 1. The van der Waals surface area contributed by atoms with E-state index < -0.39 is 5.97 Å². The maximum absolute atomic E-state index is 11.8. The van der Waals surface area contributed by atoms with E-state index in [1.807, 2.05) is 24.3 Å². The van der Waals surface area contributed by atoms with E-state index in [-0.39, 0.29) is 12.5 Å². The lowest BCUT2D eigenvalue weighted by Gasteiger charge is -2.15. The van der Waals surface area contributed by atoms with Crippen LogP contribution in [0.15, 0.2) is 24.3 Å². The Morgan fingerprint density at radius 1 is 1.16 bits per heavy atom. The van der Waals surface area contributed by atoms with Crippen LogP contribution in [0.3, 0.4) is 0 Å². The number of methoxy groups -OCH3 is 2. The molecule has 0 spiro atoms. The summed E-state index contributed by atoms with van der Waals surface area (Å²) in [4.78, 5) is 24.2. The average Bonchev–Trinajstić information content (AvgIpc) is 2.44. The number of esters is 1. The molecule has 0 fully saturated rings. The number of ether oxygens (including phenoxy) is 2. The van der Waals surface area contributed by atoms with E-state index in [0.717, 1.165) is 11.3 Å². The Bertz CT molecular complexity index is 428. The molecule has 0 aliphatic carbocycles. The van der Waals surface area contributed by atoms with Crippen LogP contribution < -0.4 is 4.74 Å². The van der Waals surface area contributed by atoms with Gasteiger partial charge in [-0.25, -0.2) is 0 Å². The van der Waals surface area contributed by atoms with Gasteiger partial charge in [-0.1, -0.05) is 12.1 Å². The van der Waals surface area contributed by atoms with Gasteiger partial charge in [0.15, 0.2) is 0 Å². The largest absolute Gasteiger partial charge is 0.497 e. The Morgan fingerprint density at radius 3 is 2.32 bits per heavy atom. The molecule has 5 nitrogen and oxygen atoms in total. The van der Waals surface area contributed by atoms with Crippen molar-refractivity contribution in [3.05, 3.63) is 29.8 Å². The molecule has 1 aromatic carbocycles. The minimum atomic E-state index is -0.416. The normalized spacial score (nSPS) is 9.84. The maximum atomic E-state index is 11.8. The molecule has 0 heterocycles. The van der Waals surface area contributed by atoms with Gasteiger partial charge in [0.05, 0.1) is 14.2 Å². The third-order valence-electron chi connectivity index (χ3n) is 2.81. The number of amides is 1. The number of nitrogens with zero attached hydrogens (tertiary/aromatic N) is 1. The predicted octanol–water partition coefficient (Wildman–Crippen LogP) is 1.26. The third kappa shape index (κ3) is 4.99. The zero-order valence-corrected chi connectivity index (χ0v) is 11.5. The molecular formula is C14H19NO4. The van der Waals surface area contributed by atoms with Crippen molar-refractivity contribution in [3.63, 3.8) is 0 Å². The van der Waals surface area contributed by atoms with E-state index in [0.29, 0.717) is 12.8 Å². The number of aryl methyl sites for hydroxylation is 1. The number of rotatable bonds is 6. The molecule has 1 rings (SSSR count). The quantitative estimate of drug-likeness (QED) is 0.727. The highest BCUT2D eigenvalue weighted by Gasteiger charge is 2.12. The topological polar surface area (TPSA) is 55.8 Å². The van der Waals surface area contributed by atoms with Crippen molar-refractivity contribution in [1.82, 2.24) is 4.90 Å². The van der Waals surface area contributed by atoms with Crippen LogP contribution in [0.25, 0.3) is 0 Å². The summed E-state index contributed by atoms with van der Waals surface area (Å²) in [7, 11) is 4.51. The van der Waals surface area contributed by atoms with Crippen LogP contribution in [0.2, 0.25) is 0 Å². The fourth-order valence-electron chi connectivity index (χ4n) is 1.58. The Balaban J connectivity index is 2.42. The summed E-state index contributed by atoms with van der Waals surface area (Å²) in [6, 6.07) is 7.56. The molecule has 1 amide bonds. The molecule has 0 aliphatic rings. The summed E-state index contributed by atoms with van der Waals surface area (Å²) in [5.74, 6) is 0.291. The zero-order valence-electron chi connectivity index (χ0n) is 11.5. The Kier molecular flexibility index (Phi) is 5.85. The van der Waals surface area contributed by atoms with E-state index in [1.165, 1.54) is 12.0 Å². The highest BCUT2D eigenvalue weighted by Crippen LogP contribution is 2.12. The second-order valence-corrected chi connectivity index (χ2v) is 4.17. The van der Waals surface area contributed by atoms with E-state index in [9.17, 15) is 9.59 Å². The fraction of sp³-hybridized carbons (Fsp3) is 0.429. The van der Waals surface area contributed by atoms with E-state index in [1.54, 1.807) is 14.2 Å². The molecule has 0 aromatic heterocycles. The molecule has 0 N–H and O–H groups in total. The minimum Gasteiger partial charge on any atom is -0.497 e. The predicted molar refractivity (Wildman–Crippen MR) is 71.0 cm³/mol. The van der Waals surface area contributed by atoms with Gasteiger partial charge < -0.3 is 14.4 Å². The van der Waals surface area contributed by atoms with Crippen molar-refractivity contribution >= 4 is 11.9 Å². The smallest absolute Gasteiger partial charge is 0.325 e. The Labute approximate surface area is 113 Å². The standard InChI is InChI=1S/C14H19NO4/c1-15(10-14(17)19-3)13(16)9-6-11-4-7-12(18-2)8-5-11/h4-5,7-8H,6,9-10H2,1-3H3. The molecule has 0 radical (unpaired) electrons. The molecule has 0 atom stereocenters. The summed E-state index contributed by atoms with van der Waals surface area (Å²) in [5, 5.41) is 0. The first-order chi connectivity index (χ1) is 9.06. The van der Waals surface area contributed by atoms with Gasteiger partial charge in [-0.15, -0.1) is 0 Å². The van der Waals surface area contributed by atoms with Gasteiger partial charge >= 0.3 is 5.97 Å². The van der Waals surface area contributed by atoms with E-state index in [4.69, 9.17) is 4.74 Å². The van der Waals surface area contributed by atoms with Crippen LogP contribution in [-0.2, 0) is 20.7 Å².